The average Bonchev–Trinajstić information content (AvgIpc) is 2.54. The fourth-order valence-electron chi connectivity index (χ4n) is 9.69. The monoisotopic (exact) mass is 1290 g/mol. The molecule has 0 aromatic rings. The first-order valence-electron chi connectivity index (χ1n) is 28.2. The molecule has 0 radical (unpaired) electrons. The number of carbonyl (C=O) groups is 8. The fraction of sp³-hybridized carbons (Fsp3) is 0.717. The molecule has 4 aliphatic heterocycles. The Kier molecular flexibility index (Phi) is 28.7. The Morgan fingerprint density at radius 2 is 0.854 bits per heavy atom. The van der Waals surface area contributed by atoms with Crippen LogP contribution in [0.25, 0.3) is 0 Å². The Morgan fingerprint density at radius 1 is 0.494 bits per heavy atom. The van der Waals surface area contributed by atoms with Gasteiger partial charge in [-0.1, -0.05) is 91.9 Å². The molecular formula is C53H67F12N15O9. The number of halogens is 12. The van der Waals surface area contributed by atoms with Gasteiger partial charge in [0, 0.05) is 44.3 Å². The van der Waals surface area contributed by atoms with E-state index < -0.39 is 132 Å². The van der Waals surface area contributed by atoms with Crippen LogP contribution in [0.5, 0.6) is 0 Å². The number of carbonyl (C=O) groups excluding carboxylic acids is 8. The van der Waals surface area contributed by atoms with Gasteiger partial charge in [0.05, 0.1) is 30.9 Å². The van der Waals surface area contributed by atoms with E-state index in [9.17, 15) is 91.0 Å². The van der Waals surface area contributed by atoms with Crippen molar-refractivity contribution in [3.63, 3.8) is 0 Å². The summed E-state index contributed by atoms with van der Waals surface area (Å²) in [6.45, 7) is 6.57. The second kappa shape index (κ2) is 34.0. The van der Waals surface area contributed by atoms with Crippen molar-refractivity contribution < 1.29 is 95.9 Å². The van der Waals surface area contributed by atoms with Crippen LogP contribution in [-0.2, 0) is 43.2 Å². The summed E-state index contributed by atoms with van der Waals surface area (Å²) in [6.07, 6.45) is -6.09. The Morgan fingerprint density at radius 3 is 1.25 bits per heavy atom. The molecule has 1 saturated heterocycles. The number of hydroxylamine groups is 2. The standard InChI is InChI=1S/C15H19F3N4O2.C14H17F3N4O2.C12H15F3N4O2.C12H16F3N3O3/c16-15(17,18)14(24)21-12(8-10-4-2-1-3-5-10)13(23)22-11(9-19)6-7-20-22;15-14(16,17)13(23)20-11(9-4-2-1-3-5-9)12(22)21-10(8-18)6-7-19-21;1-3-7(2)9(18-11(21)12(13,14)15)10(20)19-8(6-16)4-5-17-19;1-3-7(2)9(17-11(20)12(13,14)15)10(19)18-8(6-16)4-5-21-18/h7,10-12H,1-6,8H2,(H,21,24);7,9-11H,1-6H2,(H,20,23);5,7-9H,3-4H2,1-2H3,(H,18,21);7-9H,3-5H2,1-2H3,(H,17,20)/t11?,12-;10-,11-;7-,8?,9+;7?,8?,9-/m0010/s1. The molecule has 6 aliphatic rings. The molecule has 3 fully saturated rings. The highest BCUT2D eigenvalue weighted by molar-refractivity contribution is 5.93. The van der Waals surface area contributed by atoms with E-state index in [0.717, 1.165) is 71.5 Å². The predicted molar refractivity (Wildman–Crippen MR) is 284 cm³/mol. The largest absolute Gasteiger partial charge is 0.471 e. The van der Waals surface area contributed by atoms with E-state index in [4.69, 9.17) is 25.9 Å². The zero-order valence-electron chi connectivity index (χ0n) is 48.5. The van der Waals surface area contributed by atoms with Gasteiger partial charge in [-0.2, -0.15) is 89.0 Å². The van der Waals surface area contributed by atoms with Crippen molar-refractivity contribution in [2.45, 2.75) is 210 Å². The lowest BCUT2D eigenvalue weighted by Gasteiger charge is -2.32. The third-order valence-corrected chi connectivity index (χ3v) is 15.0. The molecule has 492 valence electrons. The third kappa shape index (κ3) is 22.1. The molecule has 4 heterocycles. The van der Waals surface area contributed by atoms with Gasteiger partial charge in [-0.3, -0.25) is 43.2 Å². The van der Waals surface area contributed by atoms with Crippen molar-refractivity contribution in [2.24, 2.45) is 39.0 Å². The minimum Gasteiger partial charge on any atom is -0.336 e. The van der Waals surface area contributed by atoms with Gasteiger partial charge in [0.15, 0.2) is 0 Å². The van der Waals surface area contributed by atoms with Crippen LogP contribution in [0.1, 0.15) is 137 Å². The molecule has 10 atom stereocenters. The topological polar surface area (TPSA) is 339 Å². The fourth-order valence-corrected chi connectivity index (χ4v) is 9.69. The molecule has 0 bridgehead atoms. The first-order valence-corrected chi connectivity index (χ1v) is 28.2. The molecule has 24 nitrogen and oxygen atoms in total. The summed E-state index contributed by atoms with van der Waals surface area (Å²) in [4.78, 5) is 99.2. The number of nitrogens with one attached hydrogen (secondary N) is 4. The molecule has 0 spiro atoms. The maximum atomic E-state index is 12.6. The number of amides is 8. The summed E-state index contributed by atoms with van der Waals surface area (Å²) < 4.78 is 149. The van der Waals surface area contributed by atoms with E-state index in [1.54, 1.807) is 36.7 Å². The third-order valence-electron chi connectivity index (χ3n) is 15.0. The number of hydrazone groups is 3. The van der Waals surface area contributed by atoms with Crippen LogP contribution in [0, 0.1) is 69.0 Å². The lowest BCUT2D eigenvalue weighted by atomic mass is 9.83. The van der Waals surface area contributed by atoms with Crippen LogP contribution >= 0.6 is 0 Å². The summed E-state index contributed by atoms with van der Waals surface area (Å²) in [5.74, 6) is -13.2. The zero-order valence-corrected chi connectivity index (χ0v) is 48.5. The smallest absolute Gasteiger partial charge is 0.336 e. The highest BCUT2D eigenvalue weighted by Gasteiger charge is 2.48. The van der Waals surface area contributed by atoms with Gasteiger partial charge < -0.3 is 21.3 Å². The summed E-state index contributed by atoms with van der Waals surface area (Å²) in [7, 11) is 0. The van der Waals surface area contributed by atoms with E-state index >= 15 is 0 Å². The Bertz CT molecular complexity index is 2730. The molecule has 36 heteroatoms. The predicted octanol–water partition coefficient (Wildman–Crippen LogP) is 6.16. The quantitative estimate of drug-likeness (QED) is 0.134. The molecule has 4 unspecified atom stereocenters. The molecule has 89 heavy (non-hydrogen) atoms. The summed E-state index contributed by atoms with van der Waals surface area (Å²) in [6, 6.07) is -1.36. The number of hydrogen-bond acceptors (Lipinski definition) is 16. The van der Waals surface area contributed by atoms with Crippen LogP contribution in [-0.4, -0.2) is 166 Å². The van der Waals surface area contributed by atoms with E-state index in [2.05, 4.69) is 15.3 Å². The SMILES string of the molecule is CCC(C)[C@H](NC(=O)C(F)(F)F)C(=O)N1OCCC1C#N.CC[C@@H](C)[C@H](NC(=O)C(F)(F)F)C(=O)N1N=CCC1C#N.N#CC1CC=NN1C(=O)[C@H](CC1CCCCC1)NC(=O)C(F)(F)F.N#C[C@@H]1CC=NN1C(=O)[C@@H](NC(=O)C(F)(F)F)C1CCCCC1. The number of nitrogens with zero attached hydrogens (tertiary/aromatic N) is 11. The van der Waals surface area contributed by atoms with E-state index in [-0.39, 0.29) is 50.5 Å². The zero-order chi connectivity index (χ0) is 67.2. The van der Waals surface area contributed by atoms with E-state index in [0.29, 0.717) is 25.7 Å². The lowest BCUT2D eigenvalue weighted by molar-refractivity contribution is -0.183. The molecular weight excluding hydrogens is 1220 g/mol. The second-order valence-electron chi connectivity index (χ2n) is 21.3. The second-order valence-corrected chi connectivity index (χ2v) is 21.3. The number of rotatable bonds is 15. The highest BCUT2D eigenvalue weighted by Crippen LogP contribution is 2.32. The molecule has 4 N–H and O–H groups in total. The Hall–Kier alpha value is -8.15. The van der Waals surface area contributed by atoms with Crippen LogP contribution in [0.15, 0.2) is 15.3 Å². The maximum Gasteiger partial charge on any atom is 0.471 e. The van der Waals surface area contributed by atoms with Crippen molar-refractivity contribution in [1.82, 2.24) is 41.4 Å². The number of alkyl halides is 12. The Balaban J connectivity index is 0.000000311. The lowest BCUT2D eigenvalue weighted by Crippen LogP contribution is -2.55. The van der Waals surface area contributed by atoms with Crippen LogP contribution in [0.4, 0.5) is 52.7 Å². The molecule has 8 amide bonds. The van der Waals surface area contributed by atoms with Gasteiger partial charge in [-0.05, 0) is 42.9 Å². The molecule has 0 aromatic heterocycles. The summed E-state index contributed by atoms with van der Waals surface area (Å²) in [5.41, 5.74) is 0. The highest BCUT2D eigenvalue weighted by atomic mass is 19.4. The molecule has 6 rings (SSSR count). The van der Waals surface area contributed by atoms with Gasteiger partial charge in [-0.25, -0.2) is 20.1 Å². The van der Waals surface area contributed by atoms with Gasteiger partial charge in [0.2, 0.25) is 0 Å². The first kappa shape index (κ1) is 75.1. The molecule has 2 saturated carbocycles. The number of hydrogen-bond donors (Lipinski definition) is 4. The van der Waals surface area contributed by atoms with Crippen LogP contribution < -0.4 is 21.3 Å². The van der Waals surface area contributed by atoms with Gasteiger partial charge in [0.25, 0.3) is 23.6 Å². The minimum atomic E-state index is -5.08. The van der Waals surface area contributed by atoms with Crippen LogP contribution in [0.3, 0.4) is 0 Å². The average molecular weight is 1290 g/mol. The first-order chi connectivity index (χ1) is 41.6. The van der Waals surface area contributed by atoms with E-state index in [1.807, 2.05) is 29.6 Å². The van der Waals surface area contributed by atoms with E-state index in [1.165, 1.54) is 25.6 Å². The van der Waals surface area contributed by atoms with Crippen molar-refractivity contribution in [1.29, 1.82) is 21.0 Å². The Labute approximate surface area is 502 Å². The van der Waals surface area contributed by atoms with Gasteiger partial charge in [0.1, 0.15) is 48.3 Å². The van der Waals surface area contributed by atoms with Crippen molar-refractivity contribution in [3.05, 3.63) is 0 Å². The summed E-state index contributed by atoms with van der Waals surface area (Å²) in [5, 5.41) is 57.3. The van der Waals surface area contributed by atoms with Gasteiger partial charge >= 0.3 is 48.3 Å². The molecule has 0 aromatic carbocycles. The van der Waals surface area contributed by atoms with Crippen molar-refractivity contribution in [3.8, 4) is 24.3 Å². The summed E-state index contributed by atoms with van der Waals surface area (Å²) >= 11 is 0. The molecule has 2 aliphatic carbocycles. The van der Waals surface area contributed by atoms with Crippen LogP contribution in [0.2, 0.25) is 0 Å². The number of nitriles is 4. The van der Waals surface area contributed by atoms with Crippen molar-refractivity contribution >= 4 is 65.9 Å². The van der Waals surface area contributed by atoms with Crippen molar-refractivity contribution in [2.75, 3.05) is 6.61 Å². The normalized spacial score (nSPS) is 22.2. The minimum absolute atomic E-state index is 0.0772. The van der Waals surface area contributed by atoms with Gasteiger partial charge in [-0.15, -0.1) is 0 Å². The maximum absolute atomic E-state index is 12.6.